The molecule has 2 N–H and O–H groups in total. The maximum absolute atomic E-state index is 11.8. The van der Waals surface area contributed by atoms with E-state index in [0.29, 0.717) is 13.0 Å². The molecule has 0 saturated heterocycles. The predicted molar refractivity (Wildman–Crippen MR) is 85.1 cm³/mol. The van der Waals surface area contributed by atoms with Crippen LogP contribution in [0, 0.1) is 5.92 Å². The summed E-state index contributed by atoms with van der Waals surface area (Å²) in [5.41, 5.74) is 7.42. The van der Waals surface area contributed by atoms with Gasteiger partial charge in [0.25, 0.3) is 0 Å². The van der Waals surface area contributed by atoms with Gasteiger partial charge < -0.3 is 10.5 Å². The van der Waals surface area contributed by atoms with Crippen molar-refractivity contribution >= 4 is 9.84 Å². The number of hydrogen-bond acceptors (Lipinski definition) is 4. The maximum atomic E-state index is 11.8. The molecule has 1 aromatic carbocycles. The van der Waals surface area contributed by atoms with E-state index < -0.39 is 9.84 Å². The van der Waals surface area contributed by atoms with Gasteiger partial charge in [0.15, 0.2) is 0 Å². The third-order valence-electron chi connectivity index (χ3n) is 4.36. The van der Waals surface area contributed by atoms with E-state index >= 15 is 0 Å². The molecule has 1 aliphatic carbocycles. The van der Waals surface area contributed by atoms with Crippen LogP contribution in [0.4, 0.5) is 0 Å². The highest BCUT2D eigenvalue weighted by atomic mass is 32.2. The van der Waals surface area contributed by atoms with E-state index in [0.717, 1.165) is 30.6 Å². The first-order chi connectivity index (χ1) is 9.93. The summed E-state index contributed by atoms with van der Waals surface area (Å²) < 4.78 is 29.2. The van der Waals surface area contributed by atoms with E-state index in [1.165, 1.54) is 6.26 Å². The Hall–Kier alpha value is -1.07. The lowest BCUT2D eigenvalue weighted by atomic mass is 9.81. The van der Waals surface area contributed by atoms with Crippen LogP contribution in [0.1, 0.15) is 44.2 Å². The Balaban J connectivity index is 2.18. The predicted octanol–water partition coefficient (Wildman–Crippen LogP) is 2.69. The molecule has 0 aliphatic heterocycles. The van der Waals surface area contributed by atoms with E-state index in [-0.39, 0.29) is 17.2 Å². The van der Waals surface area contributed by atoms with Gasteiger partial charge in [0.1, 0.15) is 15.6 Å². The van der Waals surface area contributed by atoms with E-state index in [9.17, 15) is 8.42 Å². The second-order valence-electron chi connectivity index (χ2n) is 5.87. The molecular weight excluding hydrogens is 286 g/mol. The molecule has 118 valence electrons. The van der Waals surface area contributed by atoms with E-state index in [4.69, 9.17) is 10.5 Å². The molecule has 3 unspecified atom stereocenters. The third kappa shape index (κ3) is 3.98. The molecule has 1 fully saturated rings. The van der Waals surface area contributed by atoms with Gasteiger partial charge in [0.05, 0.1) is 11.9 Å². The molecule has 5 heteroatoms. The first kappa shape index (κ1) is 16.3. The van der Waals surface area contributed by atoms with Crippen molar-refractivity contribution < 1.29 is 13.2 Å². The summed E-state index contributed by atoms with van der Waals surface area (Å²) in [4.78, 5) is 0. The topological polar surface area (TPSA) is 69.4 Å². The largest absolute Gasteiger partial charge is 0.494 e. The zero-order chi connectivity index (χ0) is 15.5. The number of ether oxygens (including phenoxy) is 1. The van der Waals surface area contributed by atoms with Gasteiger partial charge in [-0.05, 0) is 38.2 Å². The minimum atomic E-state index is -2.98. The molecule has 2 rings (SSSR count). The zero-order valence-electron chi connectivity index (χ0n) is 12.8. The van der Waals surface area contributed by atoms with Crippen LogP contribution in [0.5, 0.6) is 5.75 Å². The Morgan fingerprint density at radius 2 is 2.05 bits per heavy atom. The lowest BCUT2D eigenvalue weighted by Crippen LogP contribution is -2.33. The summed E-state index contributed by atoms with van der Waals surface area (Å²) in [6, 6.07) is 7.63. The molecule has 0 radical (unpaired) electrons. The minimum Gasteiger partial charge on any atom is -0.494 e. The van der Waals surface area contributed by atoms with Crippen molar-refractivity contribution in [2.45, 2.75) is 43.9 Å². The lowest BCUT2D eigenvalue weighted by molar-refractivity contribution is 0.292. The molecule has 21 heavy (non-hydrogen) atoms. The molecule has 3 atom stereocenters. The van der Waals surface area contributed by atoms with Crippen molar-refractivity contribution in [2.24, 2.45) is 11.7 Å². The average molecular weight is 311 g/mol. The quantitative estimate of drug-likeness (QED) is 0.907. The number of rotatable bonds is 5. The summed E-state index contributed by atoms with van der Waals surface area (Å²) in [7, 11) is -2.98. The van der Waals surface area contributed by atoms with Crippen LogP contribution in [0.3, 0.4) is 0 Å². The summed E-state index contributed by atoms with van der Waals surface area (Å²) in [5, 5.41) is -0.249. The van der Waals surface area contributed by atoms with Crippen molar-refractivity contribution in [3.63, 3.8) is 0 Å². The Bertz CT molecular complexity index is 571. The lowest BCUT2D eigenvalue weighted by Gasteiger charge is -2.32. The van der Waals surface area contributed by atoms with Crippen molar-refractivity contribution in [1.82, 2.24) is 0 Å². The fourth-order valence-corrected chi connectivity index (χ4v) is 4.38. The molecular formula is C16H25NO3S. The SMILES string of the molecule is CCOc1ccccc1C(N)C1CCCC(S(C)(=O)=O)C1. The van der Waals surface area contributed by atoms with Crippen molar-refractivity contribution in [2.75, 3.05) is 12.9 Å². The van der Waals surface area contributed by atoms with Crippen LogP contribution in [-0.2, 0) is 9.84 Å². The summed E-state index contributed by atoms with van der Waals surface area (Å²) in [5.74, 6) is 1.01. The molecule has 0 spiro atoms. The molecule has 1 saturated carbocycles. The van der Waals surface area contributed by atoms with Crippen LogP contribution in [-0.4, -0.2) is 26.5 Å². The molecule has 0 amide bonds. The number of hydrogen-bond donors (Lipinski definition) is 1. The van der Waals surface area contributed by atoms with Gasteiger partial charge in [-0.25, -0.2) is 8.42 Å². The summed E-state index contributed by atoms with van der Waals surface area (Å²) in [6.07, 6.45) is 4.65. The van der Waals surface area contributed by atoms with E-state index in [1.807, 2.05) is 31.2 Å². The summed E-state index contributed by atoms with van der Waals surface area (Å²) in [6.45, 7) is 2.54. The first-order valence-electron chi connectivity index (χ1n) is 7.59. The maximum Gasteiger partial charge on any atom is 0.150 e. The Morgan fingerprint density at radius 3 is 2.71 bits per heavy atom. The minimum absolute atomic E-state index is 0.169. The fraction of sp³-hybridized carbons (Fsp3) is 0.625. The number of benzene rings is 1. The fourth-order valence-electron chi connectivity index (χ4n) is 3.19. The van der Waals surface area contributed by atoms with Gasteiger partial charge in [-0.3, -0.25) is 0 Å². The molecule has 1 aliphatic rings. The van der Waals surface area contributed by atoms with Gasteiger partial charge in [-0.2, -0.15) is 0 Å². The monoisotopic (exact) mass is 311 g/mol. The molecule has 1 aromatic rings. The van der Waals surface area contributed by atoms with Gasteiger partial charge >= 0.3 is 0 Å². The first-order valence-corrected chi connectivity index (χ1v) is 9.55. The van der Waals surface area contributed by atoms with Gasteiger partial charge in [-0.1, -0.05) is 24.6 Å². The normalized spacial score (nSPS) is 24.5. The molecule has 0 heterocycles. The van der Waals surface area contributed by atoms with E-state index in [1.54, 1.807) is 0 Å². The van der Waals surface area contributed by atoms with Gasteiger partial charge in [0.2, 0.25) is 0 Å². The van der Waals surface area contributed by atoms with Crippen LogP contribution in [0.25, 0.3) is 0 Å². The Kier molecular flexibility index (Phi) is 5.27. The smallest absolute Gasteiger partial charge is 0.150 e. The summed E-state index contributed by atoms with van der Waals surface area (Å²) >= 11 is 0. The van der Waals surface area contributed by atoms with Crippen molar-refractivity contribution in [1.29, 1.82) is 0 Å². The number of nitrogens with two attached hydrogens (primary N) is 1. The molecule has 0 aromatic heterocycles. The highest BCUT2D eigenvalue weighted by Gasteiger charge is 2.33. The van der Waals surface area contributed by atoms with Crippen LogP contribution >= 0.6 is 0 Å². The average Bonchev–Trinajstić information content (AvgIpc) is 2.47. The second kappa shape index (κ2) is 6.79. The Morgan fingerprint density at radius 1 is 1.33 bits per heavy atom. The van der Waals surface area contributed by atoms with Crippen LogP contribution < -0.4 is 10.5 Å². The van der Waals surface area contributed by atoms with Crippen molar-refractivity contribution in [3.05, 3.63) is 29.8 Å². The highest BCUT2D eigenvalue weighted by molar-refractivity contribution is 7.91. The Labute approximate surface area is 127 Å². The third-order valence-corrected chi connectivity index (χ3v) is 6.00. The standard InChI is InChI=1S/C16H25NO3S/c1-3-20-15-10-5-4-9-14(15)16(17)12-7-6-8-13(11-12)21(2,18)19/h4-5,9-10,12-13,16H,3,6-8,11,17H2,1-2H3. The zero-order valence-corrected chi connectivity index (χ0v) is 13.6. The van der Waals surface area contributed by atoms with Crippen molar-refractivity contribution in [3.8, 4) is 5.75 Å². The van der Waals surface area contributed by atoms with Gasteiger partial charge in [-0.15, -0.1) is 0 Å². The van der Waals surface area contributed by atoms with Crippen LogP contribution in [0.2, 0.25) is 0 Å². The van der Waals surface area contributed by atoms with Gasteiger partial charge in [0, 0.05) is 17.9 Å². The number of para-hydroxylation sites is 1. The molecule has 0 bridgehead atoms. The highest BCUT2D eigenvalue weighted by Crippen LogP contribution is 2.38. The second-order valence-corrected chi connectivity index (χ2v) is 8.20. The van der Waals surface area contributed by atoms with Crippen LogP contribution in [0.15, 0.2) is 24.3 Å². The molecule has 4 nitrogen and oxygen atoms in total. The van der Waals surface area contributed by atoms with E-state index in [2.05, 4.69) is 0 Å². The number of sulfone groups is 1.